The molecule has 0 aromatic heterocycles. The molecular weight excluding hydrogens is 446 g/mol. The van der Waals surface area contributed by atoms with E-state index in [0.717, 1.165) is 5.56 Å². The summed E-state index contributed by atoms with van der Waals surface area (Å²) in [7, 11) is 0. The van der Waals surface area contributed by atoms with Crippen molar-refractivity contribution in [1.82, 2.24) is 0 Å². The lowest BCUT2D eigenvalue weighted by Crippen LogP contribution is -1.92. The Labute approximate surface area is 155 Å². The van der Waals surface area contributed by atoms with Gasteiger partial charge in [-0.05, 0) is 60.2 Å². The zero-order chi connectivity index (χ0) is 17.4. The molecule has 0 saturated carbocycles. The summed E-state index contributed by atoms with van der Waals surface area (Å²) in [4.78, 5) is 11.2. The van der Waals surface area contributed by atoms with Gasteiger partial charge in [0, 0.05) is 20.9 Å². The molecule has 0 fully saturated rings. The summed E-state index contributed by atoms with van der Waals surface area (Å²) in [6.45, 7) is 0. The lowest BCUT2D eigenvalue weighted by Gasteiger charge is -2.04. The van der Waals surface area contributed by atoms with Gasteiger partial charge >= 0.3 is 0 Å². The van der Waals surface area contributed by atoms with E-state index in [9.17, 15) is 18.7 Å². The molecule has 0 bridgehead atoms. The van der Waals surface area contributed by atoms with Crippen molar-refractivity contribution in [3.05, 3.63) is 67.1 Å². The zero-order valence-corrected chi connectivity index (χ0v) is 15.8. The van der Waals surface area contributed by atoms with Crippen LogP contribution in [0, 0.1) is 11.6 Å². The molecule has 2 aliphatic rings. The number of hydrogen-bond acceptors (Lipinski definition) is 2. The maximum atomic E-state index is 13.2. The third kappa shape index (κ3) is 3.46. The molecule has 0 spiro atoms. The van der Waals surface area contributed by atoms with Crippen LogP contribution in [0.2, 0.25) is 0 Å². The Bertz CT molecular complexity index is 821. The van der Waals surface area contributed by atoms with E-state index in [0.29, 0.717) is 51.3 Å². The van der Waals surface area contributed by atoms with Gasteiger partial charge in [0.05, 0.1) is 6.10 Å². The van der Waals surface area contributed by atoms with Gasteiger partial charge in [0.1, 0.15) is 11.6 Å². The lowest BCUT2D eigenvalue weighted by atomic mass is 10.1. The molecule has 126 valence electrons. The molecule has 0 saturated heterocycles. The van der Waals surface area contributed by atoms with E-state index in [1.807, 2.05) is 0 Å². The van der Waals surface area contributed by atoms with E-state index < -0.39 is 6.10 Å². The van der Waals surface area contributed by atoms with Crippen molar-refractivity contribution in [1.29, 1.82) is 0 Å². The number of ketones is 1. The molecule has 0 aliphatic heterocycles. The van der Waals surface area contributed by atoms with Crippen molar-refractivity contribution >= 4 is 37.6 Å². The molecule has 1 unspecified atom stereocenters. The summed E-state index contributed by atoms with van der Waals surface area (Å²) < 4.78 is 27.7. The fraction of sp³-hybridized carbons (Fsp3) is 0.278. The molecule has 24 heavy (non-hydrogen) atoms. The predicted molar refractivity (Wildman–Crippen MR) is 94.1 cm³/mol. The summed E-state index contributed by atoms with van der Waals surface area (Å²) >= 11 is 6.34. The van der Waals surface area contributed by atoms with Crippen LogP contribution in [0.15, 0.2) is 33.2 Å². The van der Waals surface area contributed by atoms with Crippen molar-refractivity contribution < 1.29 is 18.7 Å². The minimum Gasteiger partial charge on any atom is -0.388 e. The van der Waals surface area contributed by atoms with Crippen molar-refractivity contribution in [3.63, 3.8) is 0 Å². The highest BCUT2D eigenvalue weighted by Crippen LogP contribution is 2.34. The third-order valence-electron chi connectivity index (χ3n) is 4.28. The van der Waals surface area contributed by atoms with E-state index in [1.54, 1.807) is 12.1 Å². The molecule has 0 radical (unpaired) electrons. The van der Waals surface area contributed by atoms with E-state index in [1.165, 1.54) is 12.1 Å². The first kappa shape index (κ1) is 17.7. The average molecular weight is 460 g/mol. The lowest BCUT2D eigenvalue weighted by molar-refractivity contribution is 0.0994. The van der Waals surface area contributed by atoms with Crippen LogP contribution in [0.1, 0.15) is 46.0 Å². The van der Waals surface area contributed by atoms with Gasteiger partial charge in [-0.15, -0.1) is 0 Å². The van der Waals surface area contributed by atoms with Crippen LogP contribution in [-0.2, 0) is 12.8 Å². The van der Waals surface area contributed by atoms with Gasteiger partial charge in [0.15, 0.2) is 5.78 Å². The smallest absolute Gasteiger partial charge is 0.163 e. The van der Waals surface area contributed by atoms with Crippen molar-refractivity contribution in [3.8, 4) is 0 Å². The number of Topliss-reactive ketones (excluding diaryl/α,β-unsaturated/α-hetero) is 1. The quantitative estimate of drug-likeness (QED) is 0.581. The van der Waals surface area contributed by atoms with Crippen LogP contribution < -0.4 is 0 Å². The molecule has 2 aromatic rings. The van der Waals surface area contributed by atoms with Gasteiger partial charge in [-0.3, -0.25) is 4.79 Å². The summed E-state index contributed by atoms with van der Waals surface area (Å²) in [5, 5.41) is 9.44. The zero-order valence-electron chi connectivity index (χ0n) is 12.6. The largest absolute Gasteiger partial charge is 0.388 e. The van der Waals surface area contributed by atoms with Crippen LogP contribution in [0.5, 0.6) is 0 Å². The third-order valence-corrected chi connectivity index (χ3v) is 5.20. The maximum Gasteiger partial charge on any atom is 0.163 e. The Hall–Kier alpha value is -1.11. The summed E-state index contributed by atoms with van der Waals surface area (Å²) in [5.41, 5.74) is 2.53. The first-order valence-corrected chi connectivity index (χ1v) is 9.12. The van der Waals surface area contributed by atoms with Crippen LogP contribution in [-0.4, -0.2) is 10.9 Å². The summed E-state index contributed by atoms with van der Waals surface area (Å²) in [5.74, 6) is -0.439. The van der Waals surface area contributed by atoms with Gasteiger partial charge in [-0.2, -0.15) is 0 Å². The standard InChI is InChI=1S/C9H8BrFO.C9H6BrFO/c2*10-5-3-7-6(8(11)4-5)1-2-9(7)12/h3-4,9,12H,1-2H2;3-4H,1-2H2. The molecule has 2 aliphatic carbocycles. The summed E-state index contributed by atoms with van der Waals surface area (Å²) in [6, 6.07) is 6.32. The monoisotopic (exact) mass is 458 g/mol. The predicted octanol–water partition coefficient (Wildman–Crippen LogP) is 5.28. The second kappa shape index (κ2) is 7.02. The Morgan fingerprint density at radius 2 is 1.54 bits per heavy atom. The second-order valence-corrected chi connectivity index (χ2v) is 7.68. The van der Waals surface area contributed by atoms with E-state index in [-0.39, 0.29) is 17.4 Å². The second-order valence-electron chi connectivity index (χ2n) is 5.85. The fourth-order valence-electron chi connectivity index (χ4n) is 3.10. The minimum atomic E-state index is -0.480. The van der Waals surface area contributed by atoms with E-state index in [4.69, 9.17) is 0 Å². The Balaban J connectivity index is 0.000000141. The van der Waals surface area contributed by atoms with Gasteiger partial charge in [0.25, 0.3) is 0 Å². The number of fused-ring (bicyclic) bond motifs is 2. The molecular formula is C18H14Br2F2O2. The van der Waals surface area contributed by atoms with Gasteiger partial charge in [-0.1, -0.05) is 31.9 Å². The van der Waals surface area contributed by atoms with Crippen LogP contribution >= 0.6 is 31.9 Å². The first-order chi connectivity index (χ1) is 11.4. The first-order valence-electron chi connectivity index (χ1n) is 7.54. The van der Waals surface area contributed by atoms with Crippen molar-refractivity contribution in [2.24, 2.45) is 0 Å². The average Bonchev–Trinajstić information content (AvgIpc) is 3.05. The Morgan fingerprint density at radius 1 is 0.917 bits per heavy atom. The number of benzene rings is 2. The molecule has 1 N–H and O–H groups in total. The highest BCUT2D eigenvalue weighted by Gasteiger charge is 2.24. The minimum absolute atomic E-state index is 0.0465. The van der Waals surface area contributed by atoms with Crippen molar-refractivity contribution in [2.45, 2.75) is 31.8 Å². The molecule has 6 heteroatoms. The number of halogens is 4. The van der Waals surface area contributed by atoms with Crippen molar-refractivity contribution in [2.75, 3.05) is 0 Å². The van der Waals surface area contributed by atoms with Crippen LogP contribution in [0.4, 0.5) is 8.78 Å². The van der Waals surface area contributed by atoms with E-state index >= 15 is 0 Å². The highest BCUT2D eigenvalue weighted by molar-refractivity contribution is 9.10. The normalized spacial score (nSPS) is 18.0. The van der Waals surface area contributed by atoms with Crippen LogP contribution in [0.25, 0.3) is 0 Å². The van der Waals surface area contributed by atoms with Gasteiger partial charge in [-0.25, -0.2) is 8.78 Å². The molecule has 2 nitrogen and oxygen atoms in total. The highest BCUT2D eigenvalue weighted by atomic mass is 79.9. The number of carbonyl (C=O) groups excluding carboxylic acids is 1. The Kier molecular flexibility index (Phi) is 5.18. The molecule has 2 aromatic carbocycles. The van der Waals surface area contributed by atoms with Gasteiger partial charge < -0.3 is 5.11 Å². The Morgan fingerprint density at radius 3 is 2.25 bits per heavy atom. The fourth-order valence-corrected chi connectivity index (χ4v) is 3.98. The maximum absolute atomic E-state index is 13.2. The SMILES string of the molecule is O=C1CCc2c(F)cc(Br)cc21.OC1CCc2c(F)cc(Br)cc21. The number of aliphatic hydroxyl groups is 1. The van der Waals surface area contributed by atoms with Gasteiger partial charge in [0.2, 0.25) is 0 Å². The topological polar surface area (TPSA) is 37.3 Å². The number of aliphatic hydroxyl groups excluding tert-OH is 1. The number of carbonyl (C=O) groups is 1. The molecule has 1 atom stereocenters. The molecule has 0 amide bonds. The number of hydrogen-bond donors (Lipinski definition) is 1. The van der Waals surface area contributed by atoms with Crippen LogP contribution in [0.3, 0.4) is 0 Å². The molecule has 0 heterocycles. The van der Waals surface area contributed by atoms with E-state index in [2.05, 4.69) is 31.9 Å². The number of rotatable bonds is 0. The molecule has 4 rings (SSSR count). The summed E-state index contributed by atoms with van der Waals surface area (Å²) in [6.07, 6.45) is 1.81.